The number of carbonyl (C=O) groups is 2. The molecule has 5 heteroatoms. The van der Waals surface area contributed by atoms with Gasteiger partial charge < -0.3 is 10.0 Å². The molecular weight excluding hydrogens is 280 g/mol. The van der Waals surface area contributed by atoms with Gasteiger partial charge in [0.05, 0.1) is 0 Å². The van der Waals surface area contributed by atoms with E-state index in [0.29, 0.717) is 11.5 Å². The molecule has 0 spiro atoms. The lowest BCUT2D eigenvalue weighted by molar-refractivity contribution is -0.138. The number of carbonyl (C=O) groups excluding carboxylic acids is 1. The molecule has 1 amide bonds. The van der Waals surface area contributed by atoms with Gasteiger partial charge in [0.1, 0.15) is 6.54 Å². The highest BCUT2D eigenvalue weighted by Gasteiger charge is 2.30. The van der Waals surface area contributed by atoms with Crippen molar-refractivity contribution in [2.45, 2.75) is 56.9 Å². The molecule has 2 aliphatic rings. The Morgan fingerprint density at radius 3 is 2.55 bits per heavy atom. The lowest BCUT2D eigenvalue weighted by atomic mass is 9.93. The normalized spacial score (nSPS) is 18.9. The van der Waals surface area contributed by atoms with Crippen LogP contribution < -0.4 is 0 Å². The Balaban J connectivity index is 1.80. The van der Waals surface area contributed by atoms with Crippen molar-refractivity contribution >= 4 is 11.9 Å². The molecule has 0 aromatic carbocycles. The molecule has 0 aliphatic heterocycles. The fourth-order valence-corrected chi connectivity index (χ4v) is 3.25. The molecule has 0 atom stereocenters. The Hall–Kier alpha value is -1.91. The molecule has 2 fully saturated rings. The van der Waals surface area contributed by atoms with Crippen LogP contribution in [0.4, 0.5) is 0 Å². The van der Waals surface area contributed by atoms with E-state index in [-0.39, 0.29) is 18.5 Å². The Labute approximate surface area is 130 Å². The molecular formula is C17H22N2O3. The Kier molecular flexibility index (Phi) is 4.41. The number of carboxylic acid groups (broad SMARTS) is 1. The van der Waals surface area contributed by atoms with Crippen LogP contribution in [-0.4, -0.2) is 39.5 Å². The number of aromatic nitrogens is 1. The lowest BCUT2D eigenvalue weighted by Gasteiger charge is -2.33. The highest BCUT2D eigenvalue weighted by atomic mass is 16.4. The van der Waals surface area contributed by atoms with Crippen molar-refractivity contribution in [3.8, 4) is 0 Å². The molecule has 0 radical (unpaired) electrons. The molecule has 1 heterocycles. The lowest BCUT2D eigenvalue weighted by Crippen LogP contribution is -2.44. The van der Waals surface area contributed by atoms with E-state index in [1.807, 2.05) is 6.07 Å². The van der Waals surface area contributed by atoms with Gasteiger partial charge in [0.15, 0.2) is 0 Å². The summed E-state index contributed by atoms with van der Waals surface area (Å²) in [6, 6.07) is 3.60. The van der Waals surface area contributed by atoms with Crippen LogP contribution in [0.1, 0.15) is 66.9 Å². The van der Waals surface area contributed by atoms with E-state index in [2.05, 4.69) is 4.98 Å². The fourth-order valence-electron chi connectivity index (χ4n) is 3.25. The zero-order valence-electron chi connectivity index (χ0n) is 12.7. The summed E-state index contributed by atoms with van der Waals surface area (Å²) < 4.78 is 0. The summed E-state index contributed by atoms with van der Waals surface area (Å²) in [6.07, 6.45) is 9.04. The Morgan fingerprint density at radius 1 is 1.18 bits per heavy atom. The third-order valence-corrected chi connectivity index (χ3v) is 4.61. The number of hydrogen-bond donors (Lipinski definition) is 1. The van der Waals surface area contributed by atoms with E-state index in [1.165, 1.54) is 6.42 Å². The van der Waals surface area contributed by atoms with Gasteiger partial charge in [0, 0.05) is 29.4 Å². The summed E-state index contributed by atoms with van der Waals surface area (Å²) >= 11 is 0. The van der Waals surface area contributed by atoms with Gasteiger partial charge in [-0.3, -0.25) is 14.6 Å². The second-order valence-corrected chi connectivity index (χ2v) is 6.36. The zero-order chi connectivity index (χ0) is 15.5. The number of nitrogens with zero attached hydrogens (tertiary/aromatic N) is 2. The number of pyridine rings is 1. The summed E-state index contributed by atoms with van der Waals surface area (Å²) in [6.45, 7) is -0.218. The van der Waals surface area contributed by atoms with Crippen LogP contribution in [0.25, 0.3) is 0 Å². The van der Waals surface area contributed by atoms with Gasteiger partial charge in [-0.1, -0.05) is 19.3 Å². The third-order valence-electron chi connectivity index (χ3n) is 4.61. The van der Waals surface area contributed by atoms with E-state index < -0.39 is 5.97 Å². The van der Waals surface area contributed by atoms with Crippen molar-refractivity contribution in [3.63, 3.8) is 0 Å². The summed E-state index contributed by atoms with van der Waals surface area (Å²) in [4.78, 5) is 29.9. The molecule has 2 aliphatic carbocycles. The molecule has 1 aromatic heterocycles. The molecule has 3 rings (SSSR count). The summed E-state index contributed by atoms with van der Waals surface area (Å²) in [5, 5.41) is 9.16. The topological polar surface area (TPSA) is 70.5 Å². The van der Waals surface area contributed by atoms with Gasteiger partial charge in [-0.05, 0) is 37.8 Å². The predicted octanol–water partition coefficient (Wildman–Crippen LogP) is 2.82. The largest absolute Gasteiger partial charge is 0.480 e. The average molecular weight is 302 g/mol. The SMILES string of the molecule is O=C(O)CN(C(=O)c1ccnc(C2CC2)c1)C1CCCCC1. The Morgan fingerprint density at radius 2 is 1.91 bits per heavy atom. The maximum absolute atomic E-state index is 12.8. The van der Waals surface area contributed by atoms with Gasteiger partial charge in [0.2, 0.25) is 0 Å². The number of carboxylic acids is 1. The second kappa shape index (κ2) is 6.46. The van der Waals surface area contributed by atoms with E-state index in [4.69, 9.17) is 5.11 Å². The molecule has 0 unspecified atom stereocenters. The summed E-state index contributed by atoms with van der Waals surface area (Å²) in [5.41, 5.74) is 1.54. The highest BCUT2D eigenvalue weighted by Crippen LogP contribution is 2.39. The quantitative estimate of drug-likeness (QED) is 0.908. The minimum absolute atomic E-state index is 0.0508. The van der Waals surface area contributed by atoms with Crippen LogP contribution in [0, 0.1) is 0 Å². The summed E-state index contributed by atoms with van der Waals surface area (Å²) in [5.74, 6) is -0.635. The first kappa shape index (κ1) is 15.0. The maximum Gasteiger partial charge on any atom is 0.323 e. The minimum Gasteiger partial charge on any atom is -0.480 e. The standard InChI is InChI=1S/C17H22N2O3/c20-16(21)11-19(14-4-2-1-3-5-14)17(22)13-8-9-18-15(10-13)12-6-7-12/h8-10,12,14H,1-7,11H2,(H,20,21). The monoisotopic (exact) mass is 302 g/mol. The first-order valence-electron chi connectivity index (χ1n) is 8.14. The van der Waals surface area contributed by atoms with E-state index in [0.717, 1.165) is 44.2 Å². The van der Waals surface area contributed by atoms with Crippen molar-refractivity contribution in [1.29, 1.82) is 0 Å². The highest BCUT2D eigenvalue weighted by molar-refractivity contribution is 5.96. The van der Waals surface area contributed by atoms with Crippen LogP contribution in [0.3, 0.4) is 0 Å². The number of aliphatic carboxylic acids is 1. The summed E-state index contributed by atoms with van der Waals surface area (Å²) in [7, 11) is 0. The molecule has 118 valence electrons. The smallest absolute Gasteiger partial charge is 0.323 e. The molecule has 0 bridgehead atoms. The van der Waals surface area contributed by atoms with Crippen LogP contribution in [0.15, 0.2) is 18.3 Å². The van der Waals surface area contributed by atoms with Gasteiger partial charge >= 0.3 is 5.97 Å². The van der Waals surface area contributed by atoms with Crippen molar-refractivity contribution in [2.24, 2.45) is 0 Å². The van der Waals surface area contributed by atoms with Crippen LogP contribution in [0.5, 0.6) is 0 Å². The average Bonchev–Trinajstić information content (AvgIpc) is 3.38. The number of hydrogen-bond acceptors (Lipinski definition) is 3. The first-order chi connectivity index (χ1) is 10.6. The van der Waals surface area contributed by atoms with Crippen LogP contribution >= 0.6 is 0 Å². The number of amides is 1. The van der Waals surface area contributed by atoms with Crippen molar-refractivity contribution in [1.82, 2.24) is 9.88 Å². The number of rotatable bonds is 5. The minimum atomic E-state index is -0.949. The van der Waals surface area contributed by atoms with Gasteiger partial charge in [0.25, 0.3) is 5.91 Å². The molecule has 22 heavy (non-hydrogen) atoms. The van der Waals surface area contributed by atoms with Crippen LogP contribution in [-0.2, 0) is 4.79 Å². The van der Waals surface area contributed by atoms with Gasteiger partial charge in [-0.15, -0.1) is 0 Å². The molecule has 1 N–H and O–H groups in total. The zero-order valence-corrected chi connectivity index (χ0v) is 12.7. The van der Waals surface area contributed by atoms with Crippen molar-refractivity contribution in [3.05, 3.63) is 29.6 Å². The second-order valence-electron chi connectivity index (χ2n) is 6.36. The van der Waals surface area contributed by atoms with Gasteiger partial charge in [-0.2, -0.15) is 0 Å². The van der Waals surface area contributed by atoms with Crippen LogP contribution in [0.2, 0.25) is 0 Å². The molecule has 1 aromatic rings. The van der Waals surface area contributed by atoms with Crippen molar-refractivity contribution in [2.75, 3.05) is 6.54 Å². The third kappa shape index (κ3) is 3.46. The van der Waals surface area contributed by atoms with E-state index in [9.17, 15) is 9.59 Å². The van der Waals surface area contributed by atoms with Gasteiger partial charge in [-0.25, -0.2) is 0 Å². The van der Waals surface area contributed by atoms with Crippen molar-refractivity contribution < 1.29 is 14.7 Å². The van der Waals surface area contributed by atoms with E-state index >= 15 is 0 Å². The first-order valence-corrected chi connectivity index (χ1v) is 8.14. The fraction of sp³-hybridized carbons (Fsp3) is 0.588. The molecule has 5 nitrogen and oxygen atoms in total. The van der Waals surface area contributed by atoms with E-state index in [1.54, 1.807) is 17.2 Å². The molecule has 2 saturated carbocycles. The molecule has 0 saturated heterocycles. The Bertz CT molecular complexity index is 563. The predicted molar refractivity (Wildman–Crippen MR) is 81.8 cm³/mol. The maximum atomic E-state index is 12.8.